The van der Waals surface area contributed by atoms with Crippen LogP contribution in [0.5, 0.6) is 0 Å². The molecular formula is C24H24N2O. The Morgan fingerprint density at radius 2 is 1.56 bits per heavy atom. The number of hydrogen-bond acceptors (Lipinski definition) is 2. The van der Waals surface area contributed by atoms with Crippen molar-refractivity contribution in [2.24, 2.45) is 5.92 Å². The fraction of sp³-hybridized carbons (Fsp3) is 0.292. The normalized spacial score (nSPS) is 21.6. The van der Waals surface area contributed by atoms with Gasteiger partial charge in [-0.05, 0) is 35.1 Å². The standard InChI is InChI=1S/C24H24N2O/c27-24-8-4-7-23-22-13-19(16-26(23)24)15-25(17-22)14-18-9-11-21(12-10-18)20-5-2-1-3-6-20/h1-12,19,22H,13-17H2/t19-,22+/m0/s1. The molecule has 2 aliphatic heterocycles. The van der Waals surface area contributed by atoms with E-state index in [4.69, 9.17) is 0 Å². The van der Waals surface area contributed by atoms with Gasteiger partial charge in [0.25, 0.3) is 5.56 Å². The number of aromatic nitrogens is 1. The largest absolute Gasteiger partial charge is 0.312 e. The van der Waals surface area contributed by atoms with Crippen LogP contribution in [0, 0.1) is 5.92 Å². The first-order valence-electron chi connectivity index (χ1n) is 9.83. The third-order valence-electron chi connectivity index (χ3n) is 6.02. The smallest absolute Gasteiger partial charge is 0.250 e. The van der Waals surface area contributed by atoms with Crippen molar-refractivity contribution in [2.75, 3.05) is 13.1 Å². The zero-order valence-corrected chi connectivity index (χ0v) is 15.4. The first kappa shape index (κ1) is 16.5. The summed E-state index contributed by atoms with van der Waals surface area (Å²) in [5, 5.41) is 0. The molecule has 1 aromatic heterocycles. The number of hydrogen-bond donors (Lipinski definition) is 0. The predicted molar refractivity (Wildman–Crippen MR) is 109 cm³/mol. The summed E-state index contributed by atoms with van der Waals surface area (Å²) in [6, 6.07) is 25.2. The molecule has 0 aliphatic carbocycles. The Morgan fingerprint density at radius 1 is 0.778 bits per heavy atom. The van der Waals surface area contributed by atoms with E-state index in [1.807, 2.05) is 10.6 Å². The first-order valence-corrected chi connectivity index (χ1v) is 9.83. The fourth-order valence-corrected chi connectivity index (χ4v) is 4.82. The van der Waals surface area contributed by atoms with E-state index in [0.717, 1.165) is 26.2 Å². The molecule has 2 atom stereocenters. The maximum absolute atomic E-state index is 12.2. The molecule has 0 N–H and O–H groups in total. The van der Waals surface area contributed by atoms with E-state index in [1.165, 1.54) is 28.8 Å². The van der Waals surface area contributed by atoms with Crippen molar-refractivity contribution in [3.8, 4) is 11.1 Å². The molecule has 0 unspecified atom stereocenters. The molecule has 0 amide bonds. The van der Waals surface area contributed by atoms with Crippen molar-refractivity contribution in [1.82, 2.24) is 9.47 Å². The molecule has 2 aliphatic rings. The molecular weight excluding hydrogens is 332 g/mol. The number of nitrogens with zero attached hydrogens (tertiary/aromatic N) is 2. The van der Waals surface area contributed by atoms with Gasteiger partial charge in [0.1, 0.15) is 0 Å². The Kier molecular flexibility index (Phi) is 4.17. The van der Waals surface area contributed by atoms with E-state index in [-0.39, 0.29) is 5.56 Å². The Morgan fingerprint density at radius 3 is 2.37 bits per heavy atom. The van der Waals surface area contributed by atoms with Gasteiger partial charge in [-0.3, -0.25) is 9.69 Å². The van der Waals surface area contributed by atoms with E-state index in [1.54, 1.807) is 6.07 Å². The van der Waals surface area contributed by atoms with Crippen LogP contribution in [0.4, 0.5) is 0 Å². The van der Waals surface area contributed by atoms with Gasteiger partial charge in [0.05, 0.1) is 0 Å². The van der Waals surface area contributed by atoms with Crippen LogP contribution < -0.4 is 5.56 Å². The molecule has 3 aromatic rings. The second-order valence-corrected chi connectivity index (χ2v) is 7.96. The molecule has 0 saturated carbocycles. The minimum atomic E-state index is 0.159. The molecule has 2 aromatic carbocycles. The van der Waals surface area contributed by atoms with Crippen molar-refractivity contribution < 1.29 is 0 Å². The van der Waals surface area contributed by atoms with Gasteiger partial charge >= 0.3 is 0 Å². The third kappa shape index (κ3) is 3.24. The highest BCUT2D eigenvalue weighted by atomic mass is 16.1. The third-order valence-corrected chi connectivity index (χ3v) is 6.02. The topological polar surface area (TPSA) is 25.2 Å². The molecule has 0 spiro atoms. The van der Waals surface area contributed by atoms with Gasteiger partial charge in [0, 0.05) is 43.9 Å². The van der Waals surface area contributed by atoms with Gasteiger partial charge in [0.2, 0.25) is 0 Å². The minimum Gasteiger partial charge on any atom is -0.312 e. The fourth-order valence-electron chi connectivity index (χ4n) is 4.82. The zero-order valence-electron chi connectivity index (χ0n) is 15.4. The summed E-state index contributed by atoms with van der Waals surface area (Å²) in [5.74, 6) is 1.06. The van der Waals surface area contributed by atoms with Gasteiger partial charge < -0.3 is 4.57 Å². The molecule has 0 radical (unpaired) electrons. The summed E-state index contributed by atoms with van der Waals surface area (Å²) < 4.78 is 2.00. The SMILES string of the molecule is O=c1cccc2n1C[C@H]1C[C@@H]2CN(Cc2ccc(-c3ccccc3)cc2)C1. The number of likely N-dealkylation sites (tertiary alicyclic amines) is 1. The zero-order chi connectivity index (χ0) is 18.2. The molecule has 1 fully saturated rings. The summed E-state index contributed by atoms with van der Waals surface area (Å²) >= 11 is 0. The Labute approximate surface area is 159 Å². The van der Waals surface area contributed by atoms with E-state index >= 15 is 0 Å². The first-order chi connectivity index (χ1) is 13.3. The lowest BCUT2D eigenvalue weighted by Gasteiger charge is -2.42. The lowest BCUT2D eigenvalue weighted by atomic mass is 9.83. The van der Waals surface area contributed by atoms with Crippen molar-refractivity contribution >= 4 is 0 Å². The van der Waals surface area contributed by atoms with Gasteiger partial charge in [-0.1, -0.05) is 60.7 Å². The number of piperidine rings is 1. The van der Waals surface area contributed by atoms with Crippen molar-refractivity contribution in [1.29, 1.82) is 0 Å². The number of benzene rings is 2. The van der Waals surface area contributed by atoms with E-state index in [2.05, 4.69) is 65.6 Å². The van der Waals surface area contributed by atoms with Gasteiger partial charge in [-0.2, -0.15) is 0 Å². The van der Waals surface area contributed by atoms with Crippen molar-refractivity contribution in [2.45, 2.75) is 25.4 Å². The molecule has 3 heteroatoms. The number of fused-ring (bicyclic) bond motifs is 4. The lowest BCUT2D eigenvalue weighted by Crippen LogP contribution is -2.46. The second kappa shape index (κ2) is 6.82. The maximum atomic E-state index is 12.2. The highest BCUT2D eigenvalue weighted by Gasteiger charge is 2.34. The van der Waals surface area contributed by atoms with Crippen LogP contribution in [0.25, 0.3) is 11.1 Å². The predicted octanol–water partition coefficient (Wildman–Crippen LogP) is 4.13. The molecule has 2 bridgehead atoms. The molecule has 136 valence electrons. The highest BCUT2D eigenvalue weighted by Crippen LogP contribution is 2.35. The number of pyridine rings is 1. The van der Waals surface area contributed by atoms with E-state index < -0.39 is 0 Å². The Hall–Kier alpha value is -2.65. The summed E-state index contributed by atoms with van der Waals surface area (Å²) in [7, 11) is 0. The van der Waals surface area contributed by atoms with Gasteiger partial charge in [-0.25, -0.2) is 0 Å². The molecule has 1 saturated heterocycles. The Bertz CT molecular complexity index is 991. The lowest BCUT2D eigenvalue weighted by molar-refractivity contribution is 0.114. The molecule has 5 rings (SSSR count). The highest BCUT2D eigenvalue weighted by molar-refractivity contribution is 5.63. The maximum Gasteiger partial charge on any atom is 0.250 e. The van der Waals surface area contributed by atoms with E-state index in [9.17, 15) is 4.79 Å². The van der Waals surface area contributed by atoms with Crippen LogP contribution >= 0.6 is 0 Å². The second-order valence-electron chi connectivity index (χ2n) is 7.96. The summed E-state index contributed by atoms with van der Waals surface area (Å²) in [4.78, 5) is 14.7. The van der Waals surface area contributed by atoms with Crippen LogP contribution in [0.3, 0.4) is 0 Å². The molecule has 3 heterocycles. The summed E-state index contributed by atoms with van der Waals surface area (Å²) in [6.07, 6.45) is 1.22. The van der Waals surface area contributed by atoms with E-state index in [0.29, 0.717) is 11.8 Å². The average Bonchev–Trinajstić information content (AvgIpc) is 2.70. The van der Waals surface area contributed by atoms with Gasteiger partial charge in [-0.15, -0.1) is 0 Å². The van der Waals surface area contributed by atoms with Crippen LogP contribution in [-0.4, -0.2) is 22.6 Å². The summed E-state index contributed by atoms with van der Waals surface area (Å²) in [6.45, 7) is 3.98. The van der Waals surface area contributed by atoms with Crippen LogP contribution in [0.15, 0.2) is 77.6 Å². The molecule has 27 heavy (non-hydrogen) atoms. The number of rotatable bonds is 3. The van der Waals surface area contributed by atoms with Crippen molar-refractivity contribution in [3.05, 3.63) is 94.4 Å². The van der Waals surface area contributed by atoms with Crippen molar-refractivity contribution in [3.63, 3.8) is 0 Å². The molecule has 3 nitrogen and oxygen atoms in total. The van der Waals surface area contributed by atoms with Crippen LogP contribution in [0.2, 0.25) is 0 Å². The van der Waals surface area contributed by atoms with Crippen LogP contribution in [-0.2, 0) is 13.1 Å². The monoisotopic (exact) mass is 356 g/mol. The average molecular weight is 356 g/mol. The summed E-state index contributed by atoms with van der Waals surface area (Å²) in [5.41, 5.74) is 5.27. The van der Waals surface area contributed by atoms with Crippen LogP contribution in [0.1, 0.15) is 23.6 Å². The Balaban J connectivity index is 1.32. The minimum absolute atomic E-state index is 0.159. The van der Waals surface area contributed by atoms with Gasteiger partial charge in [0.15, 0.2) is 0 Å². The quantitative estimate of drug-likeness (QED) is 0.705.